The topological polar surface area (TPSA) is 132 Å². The summed E-state index contributed by atoms with van der Waals surface area (Å²) in [6.07, 6.45) is 2.03. The molecule has 0 unspecified atom stereocenters. The van der Waals surface area contributed by atoms with E-state index in [4.69, 9.17) is 33.2 Å². The van der Waals surface area contributed by atoms with Crippen molar-refractivity contribution in [1.29, 1.82) is 5.26 Å². The molecule has 2 aliphatic rings. The summed E-state index contributed by atoms with van der Waals surface area (Å²) in [5, 5.41) is 20.3. The summed E-state index contributed by atoms with van der Waals surface area (Å²) in [6.45, 7) is 6.07. The van der Waals surface area contributed by atoms with Crippen LogP contribution in [0.3, 0.4) is 0 Å². The molecule has 228 valence electrons. The van der Waals surface area contributed by atoms with Gasteiger partial charge in [0, 0.05) is 28.2 Å². The first-order chi connectivity index (χ1) is 20.8. The smallest absolute Gasteiger partial charge is 0.264 e. The predicted octanol–water partition coefficient (Wildman–Crippen LogP) is 5.74. The minimum Gasteiger partial charge on any atom is -0.495 e. The molecule has 1 spiro atoms. The Morgan fingerprint density at radius 1 is 1.14 bits per heavy atom. The molecule has 0 aliphatic carbocycles. The standard InChI is InChI=1S/C32H30Cl2FN5O4/c1-31(2,3)14-24-32(19-10-9-17(33)13-22(19)39-30(32)43)25(18-6-5-7-20(34)26(18)35)27(40-24)29(42)38-21-11-8-16(12-23(21)44-4)28(41)37-15-36/h5-13,24-25,27,40H,14H2,1-4H3,(H,37,41)(H,38,42)(H,39,43)/t24-,25-,27+,32+/m0/s1. The summed E-state index contributed by atoms with van der Waals surface area (Å²) in [5.74, 6) is -3.20. The number of nitriles is 1. The lowest BCUT2D eigenvalue weighted by molar-refractivity contribution is -0.122. The Kier molecular flexibility index (Phi) is 8.33. The number of hydrogen-bond acceptors (Lipinski definition) is 6. The molecule has 1 saturated heterocycles. The average molecular weight is 639 g/mol. The van der Waals surface area contributed by atoms with Crippen molar-refractivity contribution in [3.05, 3.63) is 87.2 Å². The van der Waals surface area contributed by atoms with E-state index < -0.39 is 41.0 Å². The first-order valence-electron chi connectivity index (χ1n) is 13.8. The summed E-state index contributed by atoms with van der Waals surface area (Å²) in [5.41, 5.74) is -0.148. The van der Waals surface area contributed by atoms with Crippen LogP contribution in [0.15, 0.2) is 54.6 Å². The number of hydrogen-bond donors (Lipinski definition) is 4. The zero-order valence-corrected chi connectivity index (χ0v) is 25.9. The number of rotatable bonds is 6. The molecular formula is C32H30Cl2FN5O4. The van der Waals surface area contributed by atoms with E-state index in [2.05, 4.69) is 16.0 Å². The van der Waals surface area contributed by atoms with Crippen molar-refractivity contribution in [1.82, 2.24) is 10.6 Å². The number of nitrogens with one attached hydrogen (secondary N) is 4. The average Bonchev–Trinajstić information content (AvgIpc) is 3.43. The Balaban J connectivity index is 1.67. The molecule has 3 amide bonds. The highest BCUT2D eigenvalue weighted by atomic mass is 35.5. The lowest BCUT2D eigenvalue weighted by Gasteiger charge is -2.37. The molecule has 3 aromatic rings. The maximum absolute atomic E-state index is 16.0. The van der Waals surface area contributed by atoms with E-state index in [1.807, 2.05) is 26.1 Å². The minimum absolute atomic E-state index is 0.106. The van der Waals surface area contributed by atoms with Crippen LogP contribution in [0.1, 0.15) is 54.6 Å². The molecule has 1 fully saturated rings. The third-order valence-corrected chi connectivity index (χ3v) is 8.64. The number of benzene rings is 3. The van der Waals surface area contributed by atoms with Crippen LogP contribution >= 0.6 is 23.2 Å². The quantitative estimate of drug-likeness (QED) is 0.201. The van der Waals surface area contributed by atoms with Gasteiger partial charge in [-0.25, -0.2) is 4.39 Å². The Hall–Kier alpha value is -4.17. The highest BCUT2D eigenvalue weighted by Gasteiger charge is 2.66. The van der Waals surface area contributed by atoms with E-state index >= 15 is 4.39 Å². The second kappa shape index (κ2) is 11.7. The maximum Gasteiger partial charge on any atom is 0.264 e. The van der Waals surface area contributed by atoms with Crippen molar-refractivity contribution in [2.75, 3.05) is 17.7 Å². The van der Waals surface area contributed by atoms with Gasteiger partial charge in [-0.1, -0.05) is 62.2 Å². The first-order valence-corrected chi connectivity index (χ1v) is 14.6. The number of carbonyl (C=O) groups excluding carboxylic acids is 3. The van der Waals surface area contributed by atoms with Gasteiger partial charge in [-0.15, -0.1) is 0 Å². The van der Waals surface area contributed by atoms with Crippen LogP contribution in [0.25, 0.3) is 0 Å². The van der Waals surface area contributed by atoms with Gasteiger partial charge in [0.05, 0.1) is 23.9 Å². The number of nitrogens with zero attached hydrogens (tertiary/aromatic N) is 1. The van der Waals surface area contributed by atoms with Gasteiger partial charge in [-0.3, -0.25) is 19.7 Å². The van der Waals surface area contributed by atoms with E-state index in [9.17, 15) is 14.4 Å². The predicted molar refractivity (Wildman–Crippen MR) is 165 cm³/mol. The third-order valence-electron chi connectivity index (χ3n) is 8.11. The largest absolute Gasteiger partial charge is 0.495 e. The lowest BCUT2D eigenvalue weighted by Crippen LogP contribution is -2.49. The fourth-order valence-corrected chi connectivity index (χ4v) is 6.78. The molecule has 2 heterocycles. The number of methoxy groups -OCH3 is 1. The van der Waals surface area contributed by atoms with Crippen molar-refractivity contribution >= 4 is 52.3 Å². The zero-order valence-electron chi connectivity index (χ0n) is 24.3. The summed E-state index contributed by atoms with van der Waals surface area (Å²) < 4.78 is 21.4. The summed E-state index contributed by atoms with van der Waals surface area (Å²) in [6, 6.07) is 12.2. The highest BCUT2D eigenvalue weighted by molar-refractivity contribution is 6.31. The summed E-state index contributed by atoms with van der Waals surface area (Å²) in [7, 11) is 1.37. The molecule has 4 atom stereocenters. The number of fused-ring (bicyclic) bond motifs is 2. The Labute approximate surface area is 264 Å². The van der Waals surface area contributed by atoms with Gasteiger partial charge in [-0.2, -0.15) is 5.26 Å². The van der Waals surface area contributed by atoms with Gasteiger partial charge in [-0.05, 0) is 59.4 Å². The molecule has 2 aliphatic heterocycles. The second-order valence-corrected chi connectivity index (χ2v) is 12.9. The third kappa shape index (κ3) is 5.36. The van der Waals surface area contributed by atoms with Crippen molar-refractivity contribution in [3.8, 4) is 11.9 Å². The van der Waals surface area contributed by atoms with E-state index in [1.165, 1.54) is 31.4 Å². The minimum atomic E-state index is -1.41. The van der Waals surface area contributed by atoms with Crippen LogP contribution < -0.4 is 26.0 Å². The summed E-state index contributed by atoms with van der Waals surface area (Å²) in [4.78, 5) is 40.7. The summed E-state index contributed by atoms with van der Waals surface area (Å²) >= 11 is 12.6. The van der Waals surface area contributed by atoms with Gasteiger partial charge in [0.25, 0.3) is 5.91 Å². The van der Waals surface area contributed by atoms with Gasteiger partial charge in [0.15, 0.2) is 6.19 Å². The van der Waals surface area contributed by atoms with Crippen molar-refractivity contribution < 1.29 is 23.5 Å². The fourth-order valence-electron chi connectivity index (χ4n) is 6.42. The maximum atomic E-state index is 16.0. The molecule has 44 heavy (non-hydrogen) atoms. The molecule has 4 N–H and O–H groups in total. The molecule has 5 rings (SSSR count). The van der Waals surface area contributed by atoms with Gasteiger partial charge in [0.1, 0.15) is 17.0 Å². The monoisotopic (exact) mass is 637 g/mol. The molecule has 0 aromatic heterocycles. The molecule has 9 nitrogen and oxygen atoms in total. The molecular weight excluding hydrogens is 608 g/mol. The van der Waals surface area contributed by atoms with Crippen molar-refractivity contribution in [3.63, 3.8) is 0 Å². The van der Waals surface area contributed by atoms with Crippen LogP contribution in [-0.2, 0) is 15.0 Å². The van der Waals surface area contributed by atoms with E-state index in [0.29, 0.717) is 22.7 Å². The molecule has 0 saturated carbocycles. The van der Waals surface area contributed by atoms with E-state index in [-0.39, 0.29) is 38.9 Å². The molecule has 12 heteroatoms. The van der Waals surface area contributed by atoms with Gasteiger partial charge >= 0.3 is 0 Å². The van der Waals surface area contributed by atoms with Crippen molar-refractivity contribution in [2.24, 2.45) is 5.41 Å². The normalized spacial score (nSPS) is 22.2. The second-order valence-electron chi connectivity index (χ2n) is 12.1. The van der Waals surface area contributed by atoms with Gasteiger partial charge < -0.3 is 20.7 Å². The molecule has 0 radical (unpaired) electrons. The Bertz CT molecular complexity index is 1720. The number of carbonyl (C=O) groups is 3. The van der Waals surface area contributed by atoms with Crippen LogP contribution in [0.2, 0.25) is 10.0 Å². The van der Waals surface area contributed by atoms with E-state index in [0.717, 1.165) is 0 Å². The highest BCUT2D eigenvalue weighted by Crippen LogP contribution is 2.57. The van der Waals surface area contributed by atoms with Crippen molar-refractivity contribution in [2.45, 2.75) is 50.6 Å². The molecule has 3 aromatic carbocycles. The first kappa shape index (κ1) is 31.3. The van der Waals surface area contributed by atoms with E-state index in [1.54, 1.807) is 36.5 Å². The van der Waals surface area contributed by atoms with Gasteiger partial charge in [0.2, 0.25) is 11.8 Å². The van der Waals surface area contributed by atoms with Crippen LogP contribution in [0, 0.1) is 22.7 Å². The molecule has 0 bridgehead atoms. The lowest BCUT2D eigenvalue weighted by atomic mass is 9.62. The number of anilines is 2. The van der Waals surface area contributed by atoms with Crippen LogP contribution in [0.5, 0.6) is 5.75 Å². The fraction of sp³-hybridized carbons (Fsp3) is 0.312. The number of halogens is 3. The van der Waals surface area contributed by atoms with Crippen LogP contribution in [0.4, 0.5) is 15.8 Å². The number of ether oxygens (including phenoxy) is 1. The SMILES string of the molecule is COc1cc(C(=O)NC#N)ccc1NC(=O)[C@@H]1N[C@@H](CC(C)(C)C)[C@@]2(C(=O)Nc3cc(Cl)ccc32)[C@H]1c1cccc(Cl)c1F. The number of amides is 3. The Morgan fingerprint density at radius 3 is 2.57 bits per heavy atom. The Morgan fingerprint density at radius 2 is 1.89 bits per heavy atom. The van der Waals surface area contributed by atoms with Crippen LogP contribution in [-0.4, -0.2) is 36.9 Å². The zero-order chi connectivity index (χ0) is 32.0.